The van der Waals surface area contributed by atoms with Gasteiger partial charge in [0.15, 0.2) is 0 Å². The Labute approximate surface area is 111 Å². The summed E-state index contributed by atoms with van der Waals surface area (Å²) in [6, 6.07) is 5.15. The molecule has 1 N–H and O–H groups in total. The Bertz CT molecular complexity index is 592. The van der Waals surface area contributed by atoms with E-state index in [0.717, 1.165) is 11.4 Å². The molecule has 0 saturated heterocycles. The summed E-state index contributed by atoms with van der Waals surface area (Å²) >= 11 is 0. The molecule has 0 aliphatic heterocycles. The zero-order valence-corrected chi connectivity index (χ0v) is 11.0. The minimum atomic E-state index is -0.346. The summed E-state index contributed by atoms with van der Waals surface area (Å²) in [6.07, 6.45) is 3.62. The van der Waals surface area contributed by atoms with Gasteiger partial charge < -0.3 is 9.88 Å². The minimum Gasteiger partial charge on any atom is -0.329 e. The number of hydrogen-bond acceptors (Lipinski definition) is 4. The summed E-state index contributed by atoms with van der Waals surface area (Å²) in [5.41, 5.74) is 1.80. The summed E-state index contributed by atoms with van der Waals surface area (Å²) < 4.78 is 1.99. The van der Waals surface area contributed by atoms with E-state index in [-0.39, 0.29) is 10.6 Å². The van der Waals surface area contributed by atoms with Crippen LogP contribution < -0.4 is 5.32 Å². The van der Waals surface area contributed by atoms with Gasteiger partial charge in [-0.2, -0.15) is 0 Å². The lowest BCUT2D eigenvalue weighted by Gasteiger charge is -2.10. The topological polar surface area (TPSA) is 73.0 Å². The second-order valence-corrected chi connectivity index (χ2v) is 4.32. The van der Waals surface area contributed by atoms with Crippen molar-refractivity contribution < 1.29 is 4.92 Å². The van der Waals surface area contributed by atoms with Gasteiger partial charge in [0.2, 0.25) is 0 Å². The van der Waals surface area contributed by atoms with Crippen molar-refractivity contribution >= 4 is 5.69 Å². The minimum absolute atomic E-state index is 0.160. The molecule has 0 aliphatic carbocycles. The zero-order valence-electron chi connectivity index (χ0n) is 11.0. The van der Waals surface area contributed by atoms with Crippen LogP contribution in [-0.2, 0) is 13.1 Å². The van der Waals surface area contributed by atoms with Crippen molar-refractivity contribution in [3.63, 3.8) is 0 Å². The molecule has 0 amide bonds. The Morgan fingerprint density at radius 1 is 1.47 bits per heavy atom. The molecule has 6 nitrogen and oxygen atoms in total. The highest BCUT2D eigenvalue weighted by Gasteiger charge is 2.14. The van der Waals surface area contributed by atoms with Gasteiger partial charge in [0, 0.05) is 30.6 Å². The molecule has 0 atom stereocenters. The van der Waals surface area contributed by atoms with Gasteiger partial charge in [-0.1, -0.05) is 12.1 Å². The van der Waals surface area contributed by atoms with E-state index in [1.165, 1.54) is 6.07 Å². The molecule has 2 rings (SSSR count). The molecule has 0 spiro atoms. The summed E-state index contributed by atoms with van der Waals surface area (Å²) in [6.45, 7) is 3.04. The fraction of sp³-hybridized carbons (Fsp3) is 0.308. The number of hydrogen-bond donors (Lipinski definition) is 1. The number of rotatable bonds is 5. The van der Waals surface area contributed by atoms with Crippen LogP contribution in [0.1, 0.15) is 17.0 Å². The number of benzene rings is 1. The quantitative estimate of drug-likeness (QED) is 0.658. The first-order valence-electron chi connectivity index (χ1n) is 6.01. The van der Waals surface area contributed by atoms with Crippen LogP contribution in [0, 0.1) is 17.0 Å². The van der Waals surface area contributed by atoms with E-state index in [4.69, 9.17) is 0 Å². The third-order valence-corrected chi connectivity index (χ3v) is 3.09. The predicted molar refractivity (Wildman–Crippen MR) is 71.9 cm³/mol. The van der Waals surface area contributed by atoms with Crippen LogP contribution in [0.4, 0.5) is 5.69 Å². The van der Waals surface area contributed by atoms with E-state index < -0.39 is 0 Å². The zero-order chi connectivity index (χ0) is 13.8. The lowest BCUT2D eigenvalue weighted by atomic mass is 10.1. The van der Waals surface area contributed by atoms with Crippen LogP contribution >= 0.6 is 0 Å². The van der Waals surface area contributed by atoms with Gasteiger partial charge in [-0.05, 0) is 19.5 Å². The Hall–Kier alpha value is -2.21. The summed E-state index contributed by atoms with van der Waals surface area (Å²) in [7, 11) is 1.86. The van der Waals surface area contributed by atoms with Crippen LogP contribution in [0.3, 0.4) is 0 Å². The van der Waals surface area contributed by atoms with Crippen molar-refractivity contribution in [1.29, 1.82) is 0 Å². The fourth-order valence-corrected chi connectivity index (χ4v) is 2.03. The van der Waals surface area contributed by atoms with Crippen LogP contribution in [-0.4, -0.2) is 21.5 Å². The molecule has 1 aromatic carbocycles. The average Bonchev–Trinajstić information content (AvgIpc) is 2.79. The van der Waals surface area contributed by atoms with Crippen molar-refractivity contribution in [3.8, 4) is 0 Å². The first-order chi connectivity index (χ1) is 9.13. The normalized spacial score (nSPS) is 10.6. The van der Waals surface area contributed by atoms with Crippen molar-refractivity contribution in [2.24, 2.45) is 0 Å². The fourth-order valence-electron chi connectivity index (χ4n) is 2.03. The van der Waals surface area contributed by atoms with Gasteiger partial charge in [0.1, 0.15) is 5.82 Å². The molecular formula is C13H16N4O2. The average molecular weight is 260 g/mol. The number of aromatic nitrogens is 2. The number of nitrogens with one attached hydrogen (secondary N) is 1. The highest BCUT2D eigenvalue weighted by molar-refractivity contribution is 5.44. The molecule has 0 radical (unpaired) electrons. The largest absolute Gasteiger partial charge is 0.329 e. The standard InChI is InChI=1S/C13H16N4O2/c1-10-11(4-3-5-12(10)17(18)19)9-16-7-6-15-13(16)8-14-2/h3-7,14H,8-9H2,1-2H3. The van der Waals surface area contributed by atoms with E-state index in [0.29, 0.717) is 18.7 Å². The molecule has 1 aromatic heterocycles. The Balaban J connectivity index is 2.31. The van der Waals surface area contributed by atoms with E-state index >= 15 is 0 Å². The third-order valence-electron chi connectivity index (χ3n) is 3.09. The molecule has 100 valence electrons. The molecule has 0 bridgehead atoms. The maximum atomic E-state index is 10.9. The number of nitrogens with zero attached hydrogens (tertiary/aromatic N) is 3. The van der Waals surface area contributed by atoms with E-state index in [1.807, 2.05) is 23.9 Å². The molecule has 0 aliphatic rings. The second kappa shape index (κ2) is 5.62. The van der Waals surface area contributed by atoms with Gasteiger partial charge in [0.25, 0.3) is 5.69 Å². The summed E-state index contributed by atoms with van der Waals surface area (Å²) in [5.74, 6) is 0.911. The van der Waals surface area contributed by atoms with E-state index in [1.54, 1.807) is 19.2 Å². The number of imidazole rings is 1. The third kappa shape index (κ3) is 2.79. The maximum absolute atomic E-state index is 10.9. The lowest BCUT2D eigenvalue weighted by molar-refractivity contribution is -0.385. The maximum Gasteiger partial charge on any atom is 0.272 e. The van der Waals surface area contributed by atoms with Crippen LogP contribution in [0.2, 0.25) is 0 Å². The summed E-state index contributed by atoms with van der Waals surface area (Å²) in [4.78, 5) is 14.8. The SMILES string of the molecule is CNCc1nccn1Cc1cccc([N+](=O)[O-])c1C. The first kappa shape index (κ1) is 13.2. The number of nitro benzene ring substituents is 1. The Morgan fingerprint density at radius 2 is 2.26 bits per heavy atom. The van der Waals surface area contributed by atoms with E-state index in [2.05, 4.69) is 10.3 Å². The number of nitro groups is 1. The Kier molecular flexibility index (Phi) is 3.91. The molecule has 2 aromatic rings. The van der Waals surface area contributed by atoms with Gasteiger partial charge in [-0.3, -0.25) is 10.1 Å². The van der Waals surface area contributed by atoms with Gasteiger partial charge in [0.05, 0.1) is 11.5 Å². The summed E-state index contributed by atoms with van der Waals surface area (Å²) in [5, 5.41) is 14.0. The van der Waals surface area contributed by atoms with Crippen molar-refractivity contribution in [3.05, 3.63) is 57.7 Å². The van der Waals surface area contributed by atoms with E-state index in [9.17, 15) is 10.1 Å². The molecule has 19 heavy (non-hydrogen) atoms. The molecular weight excluding hydrogens is 244 g/mol. The molecule has 6 heteroatoms. The van der Waals surface area contributed by atoms with Crippen LogP contribution in [0.15, 0.2) is 30.6 Å². The van der Waals surface area contributed by atoms with Crippen molar-refractivity contribution in [2.45, 2.75) is 20.0 Å². The van der Waals surface area contributed by atoms with Gasteiger partial charge in [-0.15, -0.1) is 0 Å². The van der Waals surface area contributed by atoms with Gasteiger partial charge in [-0.25, -0.2) is 4.98 Å². The molecule has 0 fully saturated rings. The molecule has 0 unspecified atom stereocenters. The predicted octanol–water partition coefficient (Wildman–Crippen LogP) is 1.87. The highest BCUT2D eigenvalue weighted by Crippen LogP contribution is 2.22. The Morgan fingerprint density at radius 3 is 2.95 bits per heavy atom. The van der Waals surface area contributed by atoms with Crippen molar-refractivity contribution in [1.82, 2.24) is 14.9 Å². The smallest absolute Gasteiger partial charge is 0.272 e. The lowest BCUT2D eigenvalue weighted by Crippen LogP contribution is -2.13. The molecule has 1 heterocycles. The second-order valence-electron chi connectivity index (χ2n) is 4.32. The van der Waals surface area contributed by atoms with Crippen LogP contribution in [0.5, 0.6) is 0 Å². The van der Waals surface area contributed by atoms with Gasteiger partial charge >= 0.3 is 0 Å². The monoisotopic (exact) mass is 260 g/mol. The van der Waals surface area contributed by atoms with Crippen LogP contribution in [0.25, 0.3) is 0 Å². The molecule has 0 saturated carbocycles. The van der Waals surface area contributed by atoms with Crippen molar-refractivity contribution in [2.75, 3.05) is 7.05 Å². The first-order valence-corrected chi connectivity index (χ1v) is 6.01. The highest BCUT2D eigenvalue weighted by atomic mass is 16.6.